The topological polar surface area (TPSA) is 78.8 Å². The number of ether oxygens (including phenoxy) is 1. The molecule has 0 amide bonds. The number of anilines is 1. The highest BCUT2D eigenvalue weighted by Gasteiger charge is 2.05. The fraction of sp³-hybridized carbons (Fsp3) is 0.154. The highest BCUT2D eigenvalue weighted by molar-refractivity contribution is 5.70. The number of nitrogen functional groups attached to an aromatic ring is 1. The van der Waals surface area contributed by atoms with E-state index in [-0.39, 0.29) is 5.95 Å². The van der Waals surface area contributed by atoms with E-state index in [1.807, 2.05) is 34.9 Å². The lowest BCUT2D eigenvalue weighted by Gasteiger charge is -2.06. The Labute approximate surface area is 109 Å². The summed E-state index contributed by atoms with van der Waals surface area (Å²) in [4.78, 5) is 12.3. The van der Waals surface area contributed by atoms with Crippen LogP contribution in [0, 0.1) is 0 Å². The van der Waals surface area contributed by atoms with Crippen molar-refractivity contribution in [2.45, 2.75) is 6.54 Å². The van der Waals surface area contributed by atoms with Gasteiger partial charge in [-0.2, -0.15) is 4.98 Å². The molecule has 3 rings (SSSR count). The fourth-order valence-electron chi connectivity index (χ4n) is 1.81. The molecule has 0 unspecified atom stereocenters. The van der Waals surface area contributed by atoms with E-state index in [2.05, 4.69) is 15.0 Å². The number of para-hydroxylation sites is 1. The lowest BCUT2D eigenvalue weighted by molar-refractivity contribution is 0.300. The van der Waals surface area contributed by atoms with Gasteiger partial charge in [0.2, 0.25) is 5.95 Å². The van der Waals surface area contributed by atoms with Crippen LogP contribution in [-0.2, 0) is 6.54 Å². The van der Waals surface area contributed by atoms with Crippen LogP contribution in [0.5, 0.6) is 5.75 Å². The molecular formula is C13H13N5O. The fourth-order valence-corrected chi connectivity index (χ4v) is 1.81. The predicted molar refractivity (Wildman–Crippen MR) is 71.7 cm³/mol. The van der Waals surface area contributed by atoms with Gasteiger partial charge in [0.15, 0.2) is 5.65 Å². The monoisotopic (exact) mass is 255 g/mol. The van der Waals surface area contributed by atoms with Gasteiger partial charge in [0, 0.05) is 0 Å². The van der Waals surface area contributed by atoms with E-state index in [1.54, 1.807) is 12.5 Å². The lowest BCUT2D eigenvalue weighted by Crippen LogP contribution is -2.08. The van der Waals surface area contributed by atoms with Crippen LogP contribution in [0.25, 0.3) is 11.2 Å². The van der Waals surface area contributed by atoms with Gasteiger partial charge >= 0.3 is 0 Å². The molecule has 6 heteroatoms. The quantitative estimate of drug-likeness (QED) is 0.764. The minimum Gasteiger partial charge on any atom is -0.492 e. The van der Waals surface area contributed by atoms with Gasteiger partial charge < -0.3 is 15.0 Å². The molecule has 1 aromatic carbocycles. The van der Waals surface area contributed by atoms with Gasteiger partial charge in [-0.3, -0.25) is 0 Å². The number of nitrogens with two attached hydrogens (primary N) is 1. The van der Waals surface area contributed by atoms with Crippen LogP contribution in [0.1, 0.15) is 0 Å². The number of aromatic nitrogens is 4. The Bertz CT molecular complexity index is 680. The zero-order chi connectivity index (χ0) is 13.1. The van der Waals surface area contributed by atoms with Crippen molar-refractivity contribution in [3.8, 4) is 5.75 Å². The maximum Gasteiger partial charge on any atom is 0.222 e. The van der Waals surface area contributed by atoms with E-state index >= 15 is 0 Å². The summed E-state index contributed by atoms with van der Waals surface area (Å²) in [5.74, 6) is 1.10. The molecule has 0 bridgehead atoms. The Morgan fingerprint density at radius 2 is 2.00 bits per heavy atom. The molecule has 2 N–H and O–H groups in total. The largest absolute Gasteiger partial charge is 0.492 e. The molecule has 0 saturated carbocycles. The molecular weight excluding hydrogens is 242 g/mol. The summed E-state index contributed by atoms with van der Waals surface area (Å²) in [6, 6.07) is 9.68. The Morgan fingerprint density at radius 3 is 2.84 bits per heavy atom. The van der Waals surface area contributed by atoms with Gasteiger partial charge in [-0.1, -0.05) is 18.2 Å². The summed E-state index contributed by atoms with van der Waals surface area (Å²) in [7, 11) is 0. The molecule has 3 aromatic rings. The summed E-state index contributed by atoms with van der Waals surface area (Å²) < 4.78 is 7.53. The first-order chi connectivity index (χ1) is 9.33. The molecule has 19 heavy (non-hydrogen) atoms. The van der Waals surface area contributed by atoms with Crippen molar-refractivity contribution in [3.05, 3.63) is 42.9 Å². The van der Waals surface area contributed by atoms with E-state index in [9.17, 15) is 0 Å². The third kappa shape index (κ3) is 2.47. The first-order valence-electron chi connectivity index (χ1n) is 5.94. The van der Waals surface area contributed by atoms with Crippen molar-refractivity contribution in [1.82, 2.24) is 19.5 Å². The van der Waals surface area contributed by atoms with Crippen molar-refractivity contribution >= 4 is 17.1 Å². The number of fused-ring (bicyclic) bond motifs is 1. The zero-order valence-electron chi connectivity index (χ0n) is 10.2. The van der Waals surface area contributed by atoms with Crippen LogP contribution >= 0.6 is 0 Å². The van der Waals surface area contributed by atoms with Crippen LogP contribution in [0.3, 0.4) is 0 Å². The maximum atomic E-state index is 5.64. The second-order valence-corrected chi connectivity index (χ2v) is 4.04. The predicted octanol–water partition coefficient (Wildman–Crippen LogP) is 1.49. The van der Waals surface area contributed by atoms with Gasteiger partial charge in [-0.05, 0) is 12.1 Å². The van der Waals surface area contributed by atoms with E-state index in [4.69, 9.17) is 10.5 Å². The zero-order valence-corrected chi connectivity index (χ0v) is 10.2. The van der Waals surface area contributed by atoms with Crippen LogP contribution in [0.15, 0.2) is 42.9 Å². The first-order valence-corrected chi connectivity index (χ1v) is 5.94. The van der Waals surface area contributed by atoms with Crippen molar-refractivity contribution in [2.24, 2.45) is 0 Å². The molecule has 0 spiro atoms. The van der Waals surface area contributed by atoms with E-state index in [0.29, 0.717) is 13.2 Å². The average Bonchev–Trinajstić information content (AvgIpc) is 2.83. The minimum atomic E-state index is 0.248. The van der Waals surface area contributed by atoms with Gasteiger partial charge in [0.05, 0.1) is 19.1 Å². The Balaban J connectivity index is 1.70. The molecule has 0 radical (unpaired) electrons. The number of hydrogen-bond acceptors (Lipinski definition) is 5. The maximum absolute atomic E-state index is 5.64. The Morgan fingerprint density at radius 1 is 1.16 bits per heavy atom. The number of rotatable bonds is 4. The molecule has 2 heterocycles. The molecule has 0 aliphatic heterocycles. The lowest BCUT2D eigenvalue weighted by atomic mass is 10.3. The summed E-state index contributed by atoms with van der Waals surface area (Å²) in [6.45, 7) is 1.20. The number of hydrogen-bond donors (Lipinski definition) is 1. The molecule has 0 aliphatic carbocycles. The standard InChI is InChI=1S/C13H13N5O/c14-13-15-8-11-12(17-13)18(9-16-11)6-7-19-10-4-2-1-3-5-10/h1-5,8-9H,6-7H2,(H2,14,15,17). The third-order valence-corrected chi connectivity index (χ3v) is 2.72. The van der Waals surface area contributed by atoms with Gasteiger partial charge in [0.25, 0.3) is 0 Å². The van der Waals surface area contributed by atoms with E-state index in [1.165, 1.54) is 0 Å². The number of nitrogens with zero attached hydrogens (tertiary/aromatic N) is 4. The normalized spacial score (nSPS) is 10.7. The first kappa shape index (κ1) is 11.5. The Kier molecular flexibility index (Phi) is 2.97. The molecule has 6 nitrogen and oxygen atoms in total. The van der Waals surface area contributed by atoms with Gasteiger partial charge in [-0.15, -0.1) is 0 Å². The van der Waals surface area contributed by atoms with Crippen molar-refractivity contribution in [2.75, 3.05) is 12.3 Å². The molecule has 0 fully saturated rings. The summed E-state index contributed by atoms with van der Waals surface area (Å²) in [5.41, 5.74) is 7.03. The van der Waals surface area contributed by atoms with Crippen molar-refractivity contribution in [1.29, 1.82) is 0 Å². The third-order valence-electron chi connectivity index (χ3n) is 2.72. The Hall–Kier alpha value is -2.63. The minimum absolute atomic E-state index is 0.248. The second-order valence-electron chi connectivity index (χ2n) is 4.04. The van der Waals surface area contributed by atoms with Gasteiger partial charge in [0.1, 0.15) is 17.9 Å². The van der Waals surface area contributed by atoms with Crippen LogP contribution in [0.2, 0.25) is 0 Å². The summed E-state index contributed by atoms with van der Waals surface area (Å²) in [5, 5.41) is 0. The van der Waals surface area contributed by atoms with E-state index in [0.717, 1.165) is 16.9 Å². The SMILES string of the molecule is Nc1ncc2ncn(CCOc3ccccc3)c2n1. The number of imidazole rings is 1. The average molecular weight is 255 g/mol. The highest BCUT2D eigenvalue weighted by atomic mass is 16.5. The van der Waals surface area contributed by atoms with E-state index < -0.39 is 0 Å². The van der Waals surface area contributed by atoms with Crippen LogP contribution < -0.4 is 10.5 Å². The van der Waals surface area contributed by atoms with Crippen LogP contribution in [-0.4, -0.2) is 26.1 Å². The van der Waals surface area contributed by atoms with Crippen LogP contribution in [0.4, 0.5) is 5.95 Å². The summed E-state index contributed by atoms with van der Waals surface area (Å²) >= 11 is 0. The molecule has 0 aliphatic rings. The number of benzene rings is 1. The van der Waals surface area contributed by atoms with Crippen molar-refractivity contribution in [3.63, 3.8) is 0 Å². The second kappa shape index (κ2) is 4.93. The molecule has 96 valence electrons. The smallest absolute Gasteiger partial charge is 0.222 e. The van der Waals surface area contributed by atoms with Gasteiger partial charge in [-0.25, -0.2) is 9.97 Å². The van der Waals surface area contributed by atoms with Crippen molar-refractivity contribution < 1.29 is 4.74 Å². The highest BCUT2D eigenvalue weighted by Crippen LogP contribution is 2.11. The molecule has 0 saturated heterocycles. The molecule has 2 aromatic heterocycles. The summed E-state index contributed by atoms with van der Waals surface area (Å²) in [6.07, 6.45) is 3.33. The molecule has 0 atom stereocenters.